The van der Waals surface area contributed by atoms with Gasteiger partial charge in [0.15, 0.2) is 0 Å². The number of halogens is 1. The van der Waals surface area contributed by atoms with Crippen molar-refractivity contribution < 1.29 is 5.11 Å². The van der Waals surface area contributed by atoms with Gasteiger partial charge in [0.1, 0.15) is 0 Å². The summed E-state index contributed by atoms with van der Waals surface area (Å²) in [7, 11) is 0. The van der Waals surface area contributed by atoms with E-state index in [4.69, 9.17) is 11.6 Å². The molecule has 2 rings (SSSR count). The lowest BCUT2D eigenvalue weighted by molar-refractivity contribution is 0.173. The molecule has 1 atom stereocenters. The molecule has 3 heteroatoms. The Morgan fingerprint density at radius 1 is 1.11 bits per heavy atom. The standard InChI is InChI=1S/C16H17ClOS/c1-2-16(18)12-7-9-14(10-8-12)19-11-13-5-3-4-6-15(13)17/h3-10,16,18H,2,11H2,1H3/t16-/m0/s1. The van der Waals surface area contributed by atoms with Crippen LogP contribution >= 0.6 is 23.4 Å². The second-order valence-electron chi connectivity index (χ2n) is 4.37. The molecule has 0 aromatic heterocycles. The van der Waals surface area contributed by atoms with Crippen molar-refractivity contribution in [1.82, 2.24) is 0 Å². The highest BCUT2D eigenvalue weighted by Gasteiger charge is 2.05. The van der Waals surface area contributed by atoms with Gasteiger partial charge in [0, 0.05) is 15.7 Å². The molecule has 0 amide bonds. The van der Waals surface area contributed by atoms with Crippen molar-refractivity contribution in [3.8, 4) is 0 Å². The molecule has 2 aromatic rings. The summed E-state index contributed by atoms with van der Waals surface area (Å²) >= 11 is 7.88. The van der Waals surface area contributed by atoms with Gasteiger partial charge in [0.2, 0.25) is 0 Å². The predicted molar refractivity (Wildman–Crippen MR) is 82.7 cm³/mol. The summed E-state index contributed by atoms with van der Waals surface area (Å²) in [6.07, 6.45) is 0.383. The first-order chi connectivity index (χ1) is 9.20. The minimum Gasteiger partial charge on any atom is -0.388 e. The van der Waals surface area contributed by atoms with Gasteiger partial charge < -0.3 is 5.11 Å². The van der Waals surface area contributed by atoms with Gasteiger partial charge in [-0.2, -0.15) is 0 Å². The van der Waals surface area contributed by atoms with Crippen LogP contribution in [-0.4, -0.2) is 5.11 Å². The molecule has 0 fully saturated rings. The van der Waals surface area contributed by atoms with Crippen molar-refractivity contribution in [3.05, 3.63) is 64.7 Å². The smallest absolute Gasteiger partial charge is 0.0787 e. The maximum absolute atomic E-state index is 9.74. The molecule has 0 saturated heterocycles. The third-order valence-corrected chi connectivity index (χ3v) is 4.43. The molecule has 0 spiro atoms. The Balaban J connectivity index is 1.99. The Kier molecular flexibility index (Phi) is 5.32. The van der Waals surface area contributed by atoms with E-state index in [0.29, 0.717) is 0 Å². The lowest BCUT2D eigenvalue weighted by Gasteiger charge is -2.09. The van der Waals surface area contributed by atoms with Crippen LogP contribution in [0, 0.1) is 0 Å². The van der Waals surface area contributed by atoms with Gasteiger partial charge in [0.25, 0.3) is 0 Å². The van der Waals surface area contributed by atoms with Gasteiger partial charge in [-0.15, -0.1) is 11.8 Å². The quantitative estimate of drug-likeness (QED) is 0.776. The molecular formula is C16H17ClOS. The molecule has 0 saturated carbocycles. The zero-order valence-corrected chi connectivity index (χ0v) is 12.4. The number of aliphatic hydroxyl groups is 1. The number of aliphatic hydroxyl groups excluding tert-OH is 1. The van der Waals surface area contributed by atoms with Crippen LogP contribution in [-0.2, 0) is 5.75 Å². The molecule has 0 bridgehead atoms. The SMILES string of the molecule is CC[C@H](O)c1ccc(SCc2ccccc2Cl)cc1. The molecule has 0 aliphatic rings. The van der Waals surface area contributed by atoms with E-state index in [9.17, 15) is 5.11 Å². The Morgan fingerprint density at radius 3 is 2.42 bits per heavy atom. The fourth-order valence-electron chi connectivity index (χ4n) is 1.80. The predicted octanol–water partition coefficient (Wildman–Crippen LogP) is 5.08. The first-order valence-electron chi connectivity index (χ1n) is 6.35. The number of thioether (sulfide) groups is 1. The summed E-state index contributed by atoms with van der Waals surface area (Å²) in [4.78, 5) is 1.19. The fourth-order valence-corrected chi connectivity index (χ4v) is 2.98. The summed E-state index contributed by atoms with van der Waals surface area (Å²) in [5.74, 6) is 0.856. The van der Waals surface area contributed by atoms with E-state index in [0.717, 1.165) is 28.3 Å². The molecule has 0 radical (unpaired) electrons. The zero-order valence-electron chi connectivity index (χ0n) is 10.8. The van der Waals surface area contributed by atoms with Crippen molar-refractivity contribution in [1.29, 1.82) is 0 Å². The minimum atomic E-state index is -0.359. The van der Waals surface area contributed by atoms with Gasteiger partial charge in [-0.05, 0) is 35.7 Å². The third-order valence-electron chi connectivity index (χ3n) is 3.00. The van der Waals surface area contributed by atoms with Crippen molar-refractivity contribution in [3.63, 3.8) is 0 Å². The Bertz CT molecular complexity index is 525. The molecule has 0 heterocycles. The summed E-state index contributed by atoms with van der Waals surface area (Å²) in [5, 5.41) is 10.6. The molecule has 1 nitrogen and oxygen atoms in total. The van der Waals surface area contributed by atoms with Crippen molar-refractivity contribution in [2.45, 2.75) is 30.1 Å². The Morgan fingerprint density at radius 2 is 1.79 bits per heavy atom. The van der Waals surface area contributed by atoms with E-state index in [1.807, 2.05) is 43.3 Å². The number of hydrogen-bond acceptors (Lipinski definition) is 2. The second-order valence-corrected chi connectivity index (χ2v) is 5.83. The normalized spacial score (nSPS) is 12.4. The highest BCUT2D eigenvalue weighted by atomic mass is 35.5. The monoisotopic (exact) mass is 292 g/mol. The van der Waals surface area contributed by atoms with E-state index in [2.05, 4.69) is 12.1 Å². The maximum Gasteiger partial charge on any atom is 0.0787 e. The van der Waals surface area contributed by atoms with Crippen LogP contribution in [0.25, 0.3) is 0 Å². The van der Waals surface area contributed by atoms with Crippen molar-refractivity contribution in [2.75, 3.05) is 0 Å². The van der Waals surface area contributed by atoms with E-state index < -0.39 is 0 Å². The van der Waals surface area contributed by atoms with Gasteiger partial charge in [-0.25, -0.2) is 0 Å². The largest absolute Gasteiger partial charge is 0.388 e. The number of rotatable bonds is 5. The van der Waals surface area contributed by atoms with E-state index in [-0.39, 0.29) is 6.10 Å². The highest BCUT2D eigenvalue weighted by molar-refractivity contribution is 7.98. The maximum atomic E-state index is 9.74. The second kappa shape index (κ2) is 6.99. The molecule has 0 unspecified atom stereocenters. The summed E-state index contributed by atoms with van der Waals surface area (Å²) in [6, 6.07) is 16.0. The fraction of sp³-hybridized carbons (Fsp3) is 0.250. The minimum absolute atomic E-state index is 0.359. The van der Waals surface area contributed by atoms with Crippen LogP contribution in [0.15, 0.2) is 53.4 Å². The Labute approximate surface area is 123 Å². The Hall–Kier alpha value is -0.960. The first kappa shape index (κ1) is 14.4. The highest BCUT2D eigenvalue weighted by Crippen LogP contribution is 2.27. The van der Waals surface area contributed by atoms with Gasteiger partial charge in [-0.1, -0.05) is 48.9 Å². The van der Waals surface area contributed by atoms with Gasteiger partial charge in [0.05, 0.1) is 6.10 Å². The van der Waals surface area contributed by atoms with Crippen LogP contribution in [0.2, 0.25) is 5.02 Å². The zero-order chi connectivity index (χ0) is 13.7. The average Bonchev–Trinajstić information content (AvgIpc) is 2.46. The van der Waals surface area contributed by atoms with Crippen LogP contribution in [0.5, 0.6) is 0 Å². The van der Waals surface area contributed by atoms with E-state index in [1.165, 1.54) is 4.90 Å². The lowest BCUT2D eigenvalue weighted by Crippen LogP contribution is -1.94. The van der Waals surface area contributed by atoms with Crippen LogP contribution < -0.4 is 0 Å². The molecule has 100 valence electrons. The lowest BCUT2D eigenvalue weighted by atomic mass is 10.1. The van der Waals surface area contributed by atoms with Crippen molar-refractivity contribution >= 4 is 23.4 Å². The average molecular weight is 293 g/mol. The summed E-state index contributed by atoms with van der Waals surface area (Å²) in [5.41, 5.74) is 2.12. The number of hydrogen-bond donors (Lipinski definition) is 1. The third kappa shape index (κ3) is 4.00. The van der Waals surface area contributed by atoms with Gasteiger partial charge in [-0.3, -0.25) is 0 Å². The molecule has 1 N–H and O–H groups in total. The summed E-state index contributed by atoms with van der Waals surface area (Å²) in [6.45, 7) is 1.98. The molecule has 0 aliphatic carbocycles. The van der Waals surface area contributed by atoms with E-state index in [1.54, 1.807) is 11.8 Å². The van der Waals surface area contributed by atoms with Gasteiger partial charge >= 0.3 is 0 Å². The van der Waals surface area contributed by atoms with Crippen LogP contribution in [0.3, 0.4) is 0 Å². The topological polar surface area (TPSA) is 20.2 Å². The number of benzene rings is 2. The van der Waals surface area contributed by atoms with E-state index >= 15 is 0 Å². The molecular weight excluding hydrogens is 276 g/mol. The van der Waals surface area contributed by atoms with Crippen molar-refractivity contribution in [2.24, 2.45) is 0 Å². The molecule has 0 aliphatic heterocycles. The first-order valence-corrected chi connectivity index (χ1v) is 7.71. The molecule has 19 heavy (non-hydrogen) atoms. The van der Waals surface area contributed by atoms with Crippen LogP contribution in [0.4, 0.5) is 0 Å². The summed E-state index contributed by atoms with van der Waals surface area (Å²) < 4.78 is 0. The molecule has 2 aromatic carbocycles. The van der Waals surface area contributed by atoms with Crippen LogP contribution in [0.1, 0.15) is 30.6 Å².